The van der Waals surface area contributed by atoms with Crippen LogP contribution in [0.3, 0.4) is 0 Å². The van der Waals surface area contributed by atoms with Gasteiger partial charge in [0.2, 0.25) is 21.8 Å². The number of nitrogens with zero attached hydrogens (tertiary/aromatic N) is 1. The maximum atomic E-state index is 12.4. The lowest BCUT2D eigenvalue weighted by molar-refractivity contribution is -0.124. The number of likely N-dealkylation sites (N-methyl/N-ethyl adjacent to an activating group) is 1. The fraction of sp³-hybridized carbons (Fsp3) is 0.556. The summed E-state index contributed by atoms with van der Waals surface area (Å²) in [6.45, 7) is 0.934. The molecule has 3 atom stereocenters. The van der Waals surface area contributed by atoms with Gasteiger partial charge in [-0.1, -0.05) is 18.2 Å². The maximum Gasteiger partial charge on any atom is 0.238 e. The molecule has 1 aliphatic heterocycles. The number of rotatable bonds is 7. The fourth-order valence-electron chi connectivity index (χ4n) is 3.81. The minimum Gasteiger partial charge on any atom is -0.492 e. The number of ether oxygens (including phenoxy) is 1. The van der Waals surface area contributed by atoms with Crippen LogP contribution < -0.4 is 15.4 Å². The summed E-state index contributed by atoms with van der Waals surface area (Å²) in [7, 11) is -2.03. The van der Waals surface area contributed by atoms with Crippen LogP contribution in [0.1, 0.15) is 12.8 Å². The standard InChI is InChI=1S/C18H25N3O5S/c1-19-17(23)15-11-18(12-21(15)27(2,24)25)10-14(18)16(22)20-8-9-26-13-6-4-3-5-7-13/h3-7,14-15H,8-12H2,1-2H3,(H,19,23)(H,20,22)/t14-,15+,18+/m1/s1. The molecule has 1 spiro atoms. The van der Waals surface area contributed by atoms with Crippen LogP contribution in [0, 0.1) is 11.3 Å². The molecule has 0 bridgehead atoms. The van der Waals surface area contributed by atoms with Crippen LogP contribution in [0.15, 0.2) is 30.3 Å². The molecule has 1 aromatic carbocycles. The third kappa shape index (κ3) is 4.24. The highest BCUT2D eigenvalue weighted by atomic mass is 32.2. The zero-order valence-corrected chi connectivity index (χ0v) is 16.3. The van der Waals surface area contributed by atoms with E-state index in [0.717, 1.165) is 12.0 Å². The van der Waals surface area contributed by atoms with E-state index in [1.165, 1.54) is 11.4 Å². The monoisotopic (exact) mass is 395 g/mol. The molecule has 9 heteroatoms. The minimum atomic E-state index is -3.52. The Morgan fingerprint density at radius 1 is 1.22 bits per heavy atom. The quantitative estimate of drug-likeness (QED) is 0.631. The summed E-state index contributed by atoms with van der Waals surface area (Å²) in [6.07, 6.45) is 2.07. The van der Waals surface area contributed by atoms with Crippen LogP contribution in [0.2, 0.25) is 0 Å². The smallest absolute Gasteiger partial charge is 0.238 e. The topological polar surface area (TPSA) is 105 Å². The Kier molecular flexibility index (Phi) is 5.43. The van der Waals surface area contributed by atoms with Crippen molar-refractivity contribution in [1.29, 1.82) is 0 Å². The van der Waals surface area contributed by atoms with E-state index in [1.807, 2.05) is 30.3 Å². The van der Waals surface area contributed by atoms with Gasteiger partial charge < -0.3 is 15.4 Å². The molecule has 3 rings (SSSR count). The van der Waals surface area contributed by atoms with Crippen LogP contribution in [-0.2, 0) is 19.6 Å². The van der Waals surface area contributed by atoms with Gasteiger partial charge in [-0.3, -0.25) is 9.59 Å². The van der Waals surface area contributed by atoms with Crippen LogP contribution >= 0.6 is 0 Å². The maximum absolute atomic E-state index is 12.4. The molecule has 1 saturated heterocycles. The van der Waals surface area contributed by atoms with Crippen molar-refractivity contribution in [2.75, 3.05) is 33.0 Å². The van der Waals surface area contributed by atoms with Gasteiger partial charge in [0.05, 0.1) is 12.8 Å². The Bertz CT molecular complexity index is 814. The molecule has 2 aliphatic rings. The number of amides is 2. The average Bonchev–Trinajstić information content (AvgIpc) is 3.19. The van der Waals surface area contributed by atoms with E-state index >= 15 is 0 Å². The molecule has 8 nitrogen and oxygen atoms in total. The van der Waals surface area contributed by atoms with Crippen molar-refractivity contribution in [2.45, 2.75) is 18.9 Å². The highest BCUT2D eigenvalue weighted by molar-refractivity contribution is 7.88. The molecular weight excluding hydrogens is 370 g/mol. The van der Waals surface area contributed by atoms with Crippen molar-refractivity contribution in [1.82, 2.24) is 14.9 Å². The van der Waals surface area contributed by atoms with E-state index in [9.17, 15) is 18.0 Å². The number of carbonyl (C=O) groups is 2. The van der Waals surface area contributed by atoms with E-state index in [-0.39, 0.29) is 24.3 Å². The van der Waals surface area contributed by atoms with Gasteiger partial charge in [0.1, 0.15) is 18.4 Å². The molecule has 2 amide bonds. The number of carbonyl (C=O) groups excluding carboxylic acids is 2. The third-order valence-electron chi connectivity index (χ3n) is 5.31. The van der Waals surface area contributed by atoms with Gasteiger partial charge in [-0.25, -0.2) is 8.42 Å². The Labute approximate surface area is 159 Å². The van der Waals surface area contributed by atoms with Gasteiger partial charge in [-0.15, -0.1) is 0 Å². The van der Waals surface area contributed by atoms with Crippen molar-refractivity contribution < 1.29 is 22.7 Å². The number of benzene rings is 1. The van der Waals surface area contributed by atoms with Crippen molar-refractivity contribution in [2.24, 2.45) is 11.3 Å². The van der Waals surface area contributed by atoms with Crippen molar-refractivity contribution >= 4 is 21.8 Å². The molecule has 1 aliphatic carbocycles. The summed E-state index contributed by atoms with van der Waals surface area (Å²) >= 11 is 0. The first-order chi connectivity index (χ1) is 12.8. The number of hydrogen-bond donors (Lipinski definition) is 2. The zero-order chi connectivity index (χ0) is 19.7. The van der Waals surface area contributed by atoms with E-state index in [0.29, 0.717) is 26.0 Å². The van der Waals surface area contributed by atoms with E-state index in [2.05, 4.69) is 10.6 Å². The normalized spacial score (nSPS) is 27.3. The lowest BCUT2D eigenvalue weighted by Gasteiger charge is -2.20. The predicted octanol–water partition coefficient (Wildman–Crippen LogP) is -0.0322. The summed E-state index contributed by atoms with van der Waals surface area (Å²) in [5.41, 5.74) is -0.440. The van der Waals surface area contributed by atoms with E-state index in [4.69, 9.17) is 4.74 Å². The van der Waals surface area contributed by atoms with Gasteiger partial charge in [-0.05, 0) is 30.4 Å². The van der Waals surface area contributed by atoms with Crippen molar-refractivity contribution in [3.05, 3.63) is 30.3 Å². The second-order valence-corrected chi connectivity index (χ2v) is 9.15. The molecule has 2 fully saturated rings. The van der Waals surface area contributed by atoms with Crippen LogP contribution in [-0.4, -0.2) is 63.6 Å². The summed E-state index contributed by atoms with van der Waals surface area (Å²) in [5, 5.41) is 5.36. The fourth-order valence-corrected chi connectivity index (χ4v) is 4.94. The number of nitrogens with one attached hydrogen (secondary N) is 2. The predicted molar refractivity (Wildman–Crippen MR) is 99.5 cm³/mol. The summed E-state index contributed by atoms with van der Waals surface area (Å²) < 4.78 is 30.8. The van der Waals surface area contributed by atoms with Gasteiger partial charge in [-0.2, -0.15) is 4.31 Å². The first-order valence-electron chi connectivity index (χ1n) is 8.91. The van der Waals surface area contributed by atoms with E-state index < -0.39 is 21.5 Å². The second kappa shape index (κ2) is 7.47. The number of hydrogen-bond acceptors (Lipinski definition) is 5. The zero-order valence-electron chi connectivity index (χ0n) is 15.5. The summed E-state index contributed by atoms with van der Waals surface area (Å²) in [4.78, 5) is 24.5. The average molecular weight is 395 g/mol. The minimum absolute atomic E-state index is 0.113. The highest BCUT2D eigenvalue weighted by Crippen LogP contribution is 2.60. The first kappa shape index (κ1) is 19.6. The molecule has 1 aromatic rings. The molecule has 0 radical (unpaired) electrons. The van der Waals surface area contributed by atoms with Gasteiger partial charge in [0.25, 0.3) is 0 Å². The van der Waals surface area contributed by atoms with Crippen LogP contribution in [0.4, 0.5) is 0 Å². The molecule has 2 N–H and O–H groups in total. The van der Waals surface area contributed by atoms with Crippen LogP contribution in [0.5, 0.6) is 5.75 Å². The first-order valence-corrected chi connectivity index (χ1v) is 10.8. The molecule has 0 unspecified atom stereocenters. The molecule has 0 aromatic heterocycles. The molecule has 148 valence electrons. The van der Waals surface area contributed by atoms with Gasteiger partial charge in [0, 0.05) is 19.5 Å². The van der Waals surface area contributed by atoms with Crippen molar-refractivity contribution in [3.8, 4) is 5.75 Å². The Balaban J connectivity index is 1.53. The Morgan fingerprint density at radius 2 is 1.93 bits per heavy atom. The van der Waals surface area contributed by atoms with Crippen molar-refractivity contribution in [3.63, 3.8) is 0 Å². The molecule has 27 heavy (non-hydrogen) atoms. The van der Waals surface area contributed by atoms with Gasteiger partial charge in [0.15, 0.2) is 0 Å². The largest absolute Gasteiger partial charge is 0.492 e. The molecule has 1 saturated carbocycles. The highest BCUT2D eigenvalue weighted by Gasteiger charge is 2.65. The Hall–Kier alpha value is -2.13. The summed E-state index contributed by atoms with van der Waals surface area (Å²) in [5.74, 6) is 0.0214. The second-order valence-electron chi connectivity index (χ2n) is 7.21. The third-order valence-corrected chi connectivity index (χ3v) is 6.55. The van der Waals surface area contributed by atoms with Gasteiger partial charge >= 0.3 is 0 Å². The lowest BCUT2D eigenvalue weighted by atomic mass is 9.99. The number of sulfonamides is 1. The molecular formula is C18H25N3O5S. The number of para-hydroxylation sites is 1. The SMILES string of the molecule is CNC(=O)[C@@H]1C[C@@]2(C[C@@H]2C(=O)NCCOc2ccccc2)CN1S(C)(=O)=O. The Morgan fingerprint density at radius 3 is 2.56 bits per heavy atom. The van der Waals surface area contributed by atoms with E-state index in [1.54, 1.807) is 0 Å². The van der Waals surface area contributed by atoms with Crippen LogP contribution in [0.25, 0.3) is 0 Å². The summed E-state index contributed by atoms with van der Waals surface area (Å²) in [6, 6.07) is 8.58. The molecule has 1 heterocycles. The lowest BCUT2D eigenvalue weighted by Crippen LogP contribution is -2.44.